The van der Waals surface area contributed by atoms with Crippen molar-refractivity contribution in [3.8, 4) is 17.6 Å². The van der Waals surface area contributed by atoms with E-state index in [1.54, 1.807) is 14.2 Å². The molecular weight excluding hydrogens is 480 g/mol. The van der Waals surface area contributed by atoms with Crippen molar-refractivity contribution in [2.24, 2.45) is 0 Å². The minimum absolute atomic E-state index is 0.150. The second kappa shape index (κ2) is 9.88. The smallest absolute Gasteiger partial charge is 0.320 e. The number of methoxy groups -OCH3 is 2. The summed E-state index contributed by atoms with van der Waals surface area (Å²) in [5.74, 6) is 1.84. The molecule has 8 nitrogen and oxygen atoms in total. The Bertz CT molecular complexity index is 1120. The molecule has 1 aliphatic carbocycles. The SMILES string of the molecule is COCOc1cc(Cl)c(C2CC2)c(N2CCc3c(nc(OCC45CCCN4CCC5)nc3OC)C2)c1. The Kier molecular flexibility index (Phi) is 6.60. The maximum Gasteiger partial charge on any atom is 0.320 e. The minimum atomic E-state index is 0.150. The molecule has 36 heavy (non-hydrogen) atoms. The van der Waals surface area contributed by atoms with Crippen LogP contribution in [0.2, 0.25) is 5.02 Å². The average Bonchev–Trinajstić information content (AvgIpc) is 3.52. The molecule has 2 aromatic rings. The Morgan fingerprint density at radius 1 is 1.06 bits per heavy atom. The highest BCUT2D eigenvalue weighted by Crippen LogP contribution is 2.50. The number of rotatable bonds is 9. The number of benzene rings is 1. The molecule has 4 aliphatic rings. The van der Waals surface area contributed by atoms with E-state index < -0.39 is 0 Å². The summed E-state index contributed by atoms with van der Waals surface area (Å²) >= 11 is 6.77. The first-order valence-corrected chi connectivity index (χ1v) is 13.5. The third-order valence-corrected chi connectivity index (χ3v) is 8.54. The standard InChI is InChI=1S/C27H35ClN4O4/c1-33-17-36-19-13-21(28)24(18-5-6-18)23(14-19)31-12-7-20-22(15-31)29-26(30-25(20)34-2)35-16-27-8-3-10-32(27)11-4-9-27/h13-14,18H,3-12,15-17H2,1-2H3. The lowest BCUT2D eigenvalue weighted by Gasteiger charge is -2.33. The van der Waals surface area contributed by atoms with Crippen molar-refractivity contribution in [1.82, 2.24) is 14.9 Å². The summed E-state index contributed by atoms with van der Waals surface area (Å²) in [6, 6.07) is 4.41. The van der Waals surface area contributed by atoms with E-state index in [2.05, 4.69) is 20.9 Å². The first-order valence-electron chi connectivity index (χ1n) is 13.1. The number of anilines is 1. The zero-order chi connectivity index (χ0) is 24.7. The highest BCUT2D eigenvalue weighted by atomic mass is 35.5. The van der Waals surface area contributed by atoms with Gasteiger partial charge in [-0.05, 0) is 75.6 Å². The van der Waals surface area contributed by atoms with E-state index in [-0.39, 0.29) is 12.3 Å². The zero-order valence-electron chi connectivity index (χ0n) is 21.2. The molecule has 0 N–H and O–H groups in total. The van der Waals surface area contributed by atoms with E-state index in [9.17, 15) is 0 Å². The summed E-state index contributed by atoms with van der Waals surface area (Å²) in [5.41, 5.74) is 4.50. The van der Waals surface area contributed by atoms with Crippen molar-refractivity contribution in [2.75, 3.05) is 52.2 Å². The molecule has 4 heterocycles. The van der Waals surface area contributed by atoms with Crippen molar-refractivity contribution in [1.29, 1.82) is 0 Å². The third kappa shape index (κ3) is 4.48. The van der Waals surface area contributed by atoms with Crippen LogP contribution in [0, 0.1) is 0 Å². The lowest BCUT2D eigenvalue weighted by molar-refractivity contribution is 0.0511. The number of hydrogen-bond donors (Lipinski definition) is 0. The molecule has 2 saturated heterocycles. The Morgan fingerprint density at radius 2 is 1.86 bits per heavy atom. The van der Waals surface area contributed by atoms with Gasteiger partial charge in [-0.15, -0.1) is 0 Å². The number of ether oxygens (including phenoxy) is 4. The molecule has 194 valence electrons. The molecular formula is C27H35ClN4O4. The second-order valence-electron chi connectivity index (χ2n) is 10.5. The highest BCUT2D eigenvalue weighted by Gasteiger charge is 2.45. The summed E-state index contributed by atoms with van der Waals surface area (Å²) in [6.45, 7) is 4.64. The Hall–Kier alpha value is -2.29. The summed E-state index contributed by atoms with van der Waals surface area (Å²) in [6.07, 6.45) is 7.99. The van der Waals surface area contributed by atoms with Crippen LogP contribution in [0.5, 0.6) is 17.6 Å². The lowest BCUT2D eigenvalue weighted by Crippen LogP contribution is -2.43. The Morgan fingerprint density at radius 3 is 2.58 bits per heavy atom. The van der Waals surface area contributed by atoms with Crippen LogP contribution >= 0.6 is 11.6 Å². The van der Waals surface area contributed by atoms with Crippen LogP contribution in [-0.2, 0) is 17.7 Å². The number of hydrogen-bond acceptors (Lipinski definition) is 8. The van der Waals surface area contributed by atoms with E-state index in [0.717, 1.165) is 34.9 Å². The van der Waals surface area contributed by atoms with Crippen LogP contribution in [0.1, 0.15) is 61.3 Å². The maximum atomic E-state index is 6.77. The number of halogens is 1. The largest absolute Gasteiger partial charge is 0.481 e. The molecule has 0 radical (unpaired) electrons. The molecule has 0 unspecified atom stereocenters. The van der Waals surface area contributed by atoms with Crippen molar-refractivity contribution in [3.05, 3.63) is 34.0 Å². The molecule has 9 heteroatoms. The molecule has 0 bridgehead atoms. The minimum Gasteiger partial charge on any atom is -0.481 e. The Labute approximate surface area is 217 Å². The van der Waals surface area contributed by atoms with E-state index in [1.807, 2.05) is 6.07 Å². The van der Waals surface area contributed by atoms with Gasteiger partial charge >= 0.3 is 6.01 Å². The molecule has 0 atom stereocenters. The van der Waals surface area contributed by atoms with Gasteiger partial charge < -0.3 is 23.8 Å². The predicted octanol–water partition coefficient (Wildman–Crippen LogP) is 4.57. The van der Waals surface area contributed by atoms with Crippen molar-refractivity contribution < 1.29 is 18.9 Å². The monoisotopic (exact) mass is 514 g/mol. The van der Waals surface area contributed by atoms with Crippen molar-refractivity contribution in [3.63, 3.8) is 0 Å². The zero-order valence-corrected chi connectivity index (χ0v) is 22.0. The summed E-state index contributed by atoms with van der Waals surface area (Å²) in [7, 11) is 3.29. The van der Waals surface area contributed by atoms with Crippen LogP contribution in [0.15, 0.2) is 12.1 Å². The van der Waals surface area contributed by atoms with Gasteiger partial charge in [-0.1, -0.05) is 11.6 Å². The van der Waals surface area contributed by atoms with Gasteiger partial charge in [0.25, 0.3) is 0 Å². The summed E-state index contributed by atoms with van der Waals surface area (Å²) < 4.78 is 22.8. The number of aromatic nitrogens is 2. The van der Waals surface area contributed by atoms with Gasteiger partial charge in [0, 0.05) is 36.0 Å². The molecule has 1 saturated carbocycles. The molecule has 6 rings (SSSR count). The molecule has 3 fully saturated rings. The van der Waals surface area contributed by atoms with Crippen LogP contribution in [0.25, 0.3) is 0 Å². The number of fused-ring (bicyclic) bond motifs is 2. The second-order valence-corrected chi connectivity index (χ2v) is 10.9. The van der Waals surface area contributed by atoms with Gasteiger partial charge in [-0.3, -0.25) is 4.90 Å². The molecule has 1 aromatic carbocycles. The molecule has 0 amide bonds. The molecule has 0 spiro atoms. The highest BCUT2D eigenvalue weighted by molar-refractivity contribution is 6.32. The van der Waals surface area contributed by atoms with Gasteiger partial charge in [0.2, 0.25) is 5.88 Å². The summed E-state index contributed by atoms with van der Waals surface area (Å²) in [4.78, 5) is 14.5. The van der Waals surface area contributed by atoms with Crippen molar-refractivity contribution >= 4 is 17.3 Å². The average molecular weight is 515 g/mol. The quantitative estimate of drug-likeness (QED) is 0.451. The maximum absolute atomic E-state index is 6.77. The Balaban J connectivity index is 1.27. The van der Waals surface area contributed by atoms with E-state index in [4.69, 9.17) is 35.5 Å². The van der Waals surface area contributed by atoms with E-state index in [1.165, 1.54) is 57.2 Å². The molecule has 1 aromatic heterocycles. The van der Waals surface area contributed by atoms with Gasteiger partial charge in [-0.25, -0.2) is 0 Å². The van der Waals surface area contributed by atoms with Crippen LogP contribution < -0.4 is 19.1 Å². The molecule has 3 aliphatic heterocycles. The van der Waals surface area contributed by atoms with Gasteiger partial charge in [0.05, 0.1) is 24.9 Å². The van der Waals surface area contributed by atoms with E-state index >= 15 is 0 Å². The lowest BCUT2D eigenvalue weighted by atomic mass is 9.95. The predicted molar refractivity (Wildman–Crippen MR) is 138 cm³/mol. The topological polar surface area (TPSA) is 69.2 Å². The van der Waals surface area contributed by atoms with Gasteiger partial charge in [0.1, 0.15) is 12.4 Å². The first-order chi connectivity index (χ1) is 17.6. The fraction of sp³-hybridized carbons (Fsp3) is 0.630. The summed E-state index contributed by atoms with van der Waals surface area (Å²) in [5, 5.41) is 0.758. The first kappa shape index (κ1) is 24.1. The van der Waals surface area contributed by atoms with Crippen LogP contribution in [0.3, 0.4) is 0 Å². The van der Waals surface area contributed by atoms with Crippen molar-refractivity contribution in [2.45, 2.75) is 62.9 Å². The van der Waals surface area contributed by atoms with E-state index in [0.29, 0.717) is 36.7 Å². The number of nitrogens with zero attached hydrogens (tertiary/aromatic N) is 4. The van der Waals surface area contributed by atoms with Crippen LogP contribution in [-0.4, -0.2) is 67.7 Å². The fourth-order valence-corrected chi connectivity index (χ4v) is 6.66. The fourth-order valence-electron chi connectivity index (χ4n) is 6.30. The normalized spacial score (nSPS) is 20.8. The van der Waals surface area contributed by atoms with Gasteiger partial charge in [0.15, 0.2) is 6.79 Å². The van der Waals surface area contributed by atoms with Gasteiger partial charge in [-0.2, -0.15) is 9.97 Å². The van der Waals surface area contributed by atoms with Crippen LogP contribution in [0.4, 0.5) is 5.69 Å². The third-order valence-electron chi connectivity index (χ3n) is 8.23.